The molecule has 30 heavy (non-hydrogen) atoms. The molecular formula is C24H32N2O4. The van der Waals surface area contributed by atoms with Crippen LogP contribution in [0.1, 0.15) is 37.3 Å². The summed E-state index contributed by atoms with van der Waals surface area (Å²) in [6, 6.07) is 16.6. The molecule has 2 aromatic rings. The number of methoxy groups -OCH3 is 1. The molecule has 0 heterocycles. The molecule has 162 valence electrons. The summed E-state index contributed by atoms with van der Waals surface area (Å²) in [7, 11) is 1.61. The number of carbonyl (C=O) groups excluding carboxylic acids is 2. The average Bonchev–Trinajstić information content (AvgIpc) is 2.77. The maximum Gasteiger partial charge on any atom is 0.243 e. The molecule has 0 aliphatic heterocycles. The number of carbonyl (C=O) groups is 2. The molecule has 2 rings (SSSR count). The molecule has 1 atom stereocenters. The topological polar surface area (TPSA) is 78.9 Å². The maximum absolute atomic E-state index is 13.1. The molecule has 0 saturated heterocycles. The lowest BCUT2D eigenvalue weighted by Crippen LogP contribution is -2.50. The normalized spacial score (nSPS) is 11.6. The smallest absolute Gasteiger partial charge is 0.243 e. The number of amides is 2. The van der Waals surface area contributed by atoms with Crippen LogP contribution >= 0.6 is 0 Å². The fraction of sp³-hybridized carbons (Fsp3) is 0.417. The van der Waals surface area contributed by atoms with E-state index in [2.05, 4.69) is 5.32 Å². The van der Waals surface area contributed by atoms with Crippen LogP contribution in [0.2, 0.25) is 0 Å². The van der Waals surface area contributed by atoms with Gasteiger partial charge < -0.3 is 20.1 Å². The number of hydrogen-bond donors (Lipinski definition) is 2. The van der Waals surface area contributed by atoms with E-state index in [0.717, 1.165) is 16.9 Å². The maximum atomic E-state index is 13.1. The molecule has 6 heteroatoms. The third-order valence-corrected chi connectivity index (χ3v) is 4.88. The van der Waals surface area contributed by atoms with Crippen molar-refractivity contribution in [2.45, 2.75) is 45.2 Å². The molecule has 0 aromatic heterocycles. The highest BCUT2D eigenvalue weighted by atomic mass is 16.5. The first kappa shape index (κ1) is 23.4. The Bertz CT molecular complexity index is 778. The lowest BCUT2D eigenvalue weighted by molar-refractivity contribution is -0.141. The molecule has 0 aliphatic rings. The van der Waals surface area contributed by atoms with Crippen LogP contribution in [0.15, 0.2) is 54.6 Å². The Balaban J connectivity index is 2.30. The van der Waals surface area contributed by atoms with Crippen molar-refractivity contribution in [1.29, 1.82) is 0 Å². The molecule has 2 aromatic carbocycles. The van der Waals surface area contributed by atoms with Crippen LogP contribution in [-0.4, -0.2) is 48.1 Å². The van der Waals surface area contributed by atoms with Gasteiger partial charge in [-0.05, 0) is 36.1 Å². The Hall–Kier alpha value is -2.86. The van der Waals surface area contributed by atoms with Crippen molar-refractivity contribution in [2.24, 2.45) is 0 Å². The lowest BCUT2D eigenvalue weighted by atomic mass is 10.0. The van der Waals surface area contributed by atoms with Crippen LogP contribution in [-0.2, 0) is 22.6 Å². The zero-order valence-corrected chi connectivity index (χ0v) is 17.8. The summed E-state index contributed by atoms with van der Waals surface area (Å²) >= 11 is 0. The van der Waals surface area contributed by atoms with Crippen molar-refractivity contribution < 1.29 is 19.4 Å². The molecule has 0 radical (unpaired) electrons. The summed E-state index contributed by atoms with van der Waals surface area (Å²) in [5, 5.41) is 11.9. The van der Waals surface area contributed by atoms with E-state index < -0.39 is 6.04 Å². The van der Waals surface area contributed by atoms with Gasteiger partial charge in [0.25, 0.3) is 0 Å². The van der Waals surface area contributed by atoms with Gasteiger partial charge in [-0.15, -0.1) is 0 Å². The van der Waals surface area contributed by atoms with Crippen molar-refractivity contribution in [2.75, 3.05) is 20.3 Å². The summed E-state index contributed by atoms with van der Waals surface area (Å²) in [6.45, 7) is 2.68. The average molecular weight is 413 g/mol. The van der Waals surface area contributed by atoms with E-state index in [-0.39, 0.29) is 18.4 Å². The van der Waals surface area contributed by atoms with E-state index in [1.54, 1.807) is 12.0 Å². The Morgan fingerprint density at radius 2 is 1.77 bits per heavy atom. The largest absolute Gasteiger partial charge is 0.497 e. The Kier molecular flexibility index (Phi) is 9.87. The lowest BCUT2D eigenvalue weighted by Gasteiger charge is -2.31. The van der Waals surface area contributed by atoms with Crippen molar-refractivity contribution in [3.8, 4) is 5.75 Å². The Morgan fingerprint density at radius 3 is 2.37 bits per heavy atom. The summed E-state index contributed by atoms with van der Waals surface area (Å²) in [5.74, 6) is 0.490. The van der Waals surface area contributed by atoms with Crippen LogP contribution in [0.3, 0.4) is 0 Å². The third kappa shape index (κ3) is 7.19. The quantitative estimate of drug-likeness (QED) is 0.526. The minimum absolute atomic E-state index is 0.00790. The molecule has 0 bridgehead atoms. The van der Waals surface area contributed by atoms with Crippen LogP contribution in [0.5, 0.6) is 5.75 Å². The number of nitrogens with one attached hydrogen (secondary N) is 1. The summed E-state index contributed by atoms with van der Waals surface area (Å²) < 4.78 is 5.21. The van der Waals surface area contributed by atoms with E-state index in [4.69, 9.17) is 9.84 Å². The highest BCUT2D eigenvalue weighted by Crippen LogP contribution is 2.18. The summed E-state index contributed by atoms with van der Waals surface area (Å²) in [6.07, 6.45) is 2.00. The van der Waals surface area contributed by atoms with Crippen LogP contribution < -0.4 is 10.1 Å². The van der Waals surface area contributed by atoms with Gasteiger partial charge in [-0.25, -0.2) is 0 Å². The van der Waals surface area contributed by atoms with Crippen LogP contribution in [0.4, 0.5) is 0 Å². The minimum Gasteiger partial charge on any atom is -0.497 e. The second kappa shape index (κ2) is 12.6. The van der Waals surface area contributed by atoms with Gasteiger partial charge in [0, 0.05) is 32.5 Å². The van der Waals surface area contributed by atoms with E-state index in [1.165, 1.54) is 0 Å². The van der Waals surface area contributed by atoms with Crippen LogP contribution in [0, 0.1) is 0 Å². The molecule has 0 spiro atoms. The molecule has 0 saturated carbocycles. The molecule has 1 unspecified atom stereocenters. The summed E-state index contributed by atoms with van der Waals surface area (Å²) in [4.78, 5) is 27.7. The highest BCUT2D eigenvalue weighted by Gasteiger charge is 2.29. The Morgan fingerprint density at radius 1 is 1.07 bits per heavy atom. The number of aliphatic hydroxyl groups is 1. The van der Waals surface area contributed by atoms with E-state index >= 15 is 0 Å². The van der Waals surface area contributed by atoms with Gasteiger partial charge >= 0.3 is 0 Å². The first-order valence-electron chi connectivity index (χ1n) is 10.4. The van der Waals surface area contributed by atoms with Gasteiger partial charge in [-0.3, -0.25) is 9.59 Å². The van der Waals surface area contributed by atoms with Crippen molar-refractivity contribution in [3.05, 3.63) is 65.7 Å². The molecule has 0 fully saturated rings. The van der Waals surface area contributed by atoms with Crippen molar-refractivity contribution in [1.82, 2.24) is 10.2 Å². The minimum atomic E-state index is -0.632. The number of ether oxygens (including phenoxy) is 1. The number of nitrogens with zero attached hydrogens (tertiary/aromatic N) is 1. The second-order valence-electron chi connectivity index (χ2n) is 7.19. The number of aliphatic hydroxyl groups excluding tert-OH is 1. The SMILES string of the molecule is CCCC(=O)N(Cc1ccc(OC)cc1)C(Cc1ccccc1)C(=O)NCCCO. The highest BCUT2D eigenvalue weighted by molar-refractivity contribution is 5.88. The molecule has 2 amide bonds. The standard InChI is InChI=1S/C24H32N2O4/c1-3-8-23(28)26(18-20-11-13-21(30-2)14-12-20)22(24(29)25-15-7-16-27)17-19-9-5-4-6-10-19/h4-6,9-14,22,27H,3,7-8,15-18H2,1-2H3,(H,25,29). The zero-order chi connectivity index (χ0) is 21.8. The fourth-order valence-corrected chi connectivity index (χ4v) is 3.25. The molecule has 6 nitrogen and oxygen atoms in total. The Labute approximate surface area is 178 Å². The van der Waals surface area contributed by atoms with Gasteiger partial charge in [0.1, 0.15) is 11.8 Å². The van der Waals surface area contributed by atoms with Gasteiger partial charge in [-0.2, -0.15) is 0 Å². The van der Waals surface area contributed by atoms with E-state index in [0.29, 0.717) is 38.8 Å². The zero-order valence-electron chi connectivity index (χ0n) is 17.8. The van der Waals surface area contributed by atoms with Gasteiger partial charge in [0.15, 0.2) is 0 Å². The fourth-order valence-electron chi connectivity index (χ4n) is 3.25. The van der Waals surface area contributed by atoms with E-state index in [9.17, 15) is 9.59 Å². The van der Waals surface area contributed by atoms with Crippen LogP contribution in [0.25, 0.3) is 0 Å². The summed E-state index contributed by atoms with van der Waals surface area (Å²) in [5.41, 5.74) is 1.92. The predicted molar refractivity (Wildman–Crippen MR) is 117 cm³/mol. The first-order valence-corrected chi connectivity index (χ1v) is 10.4. The second-order valence-corrected chi connectivity index (χ2v) is 7.19. The molecule has 2 N–H and O–H groups in total. The molecular weight excluding hydrogens is 380 g/mol. The third-order valence-electron chi connectivity index (χ3n) is 4.88. The number of hydrogen-bond acceptors (Lipinski definition) is 4. The van der Waals surface area contributed by atoms with Gasteiger partial charge in [0.2, 0.25) is 11.8 Å². The first-order chi connectivity index (χ1) is 14.6. The predicted octanol–water partition coefficient (Wildman–Crippen LogP) is 2.93. The van der Waals surface area contributed by atoms with Gasteiger partial charge in [-0.1, -0.05) is 49.4 Å². The van der Waals surface area contributed by atoms with Crippen molar-refractivity contribution in [3.63, 3.8) is 0 Å². The van der Waals surface area contributed by atoms with Crippen molar-refractivity contribution >= 4 is 11.8 Å². The monoisotopic (exact) mass is 412 g/mol. The number of benzene rings is 2. The van der Waals surface area contributed by atoms with Gasteiger partial charge in [0.05, 0.1) is 7.11 Å². The van der Waals surface area contributed by atoms with E-state index in [1.807, 2.05) is 61.5 Å². The molecule has 0 aliphatic carbocycles. The number of rotatable bonds is 12.